The van der Waals surface area contributed by atoms with E-state index in [4.69, 9.17) is 11.6 Å². The van der Waals surface area contributed by atoms with Crippen molar-refractivity contribution in [1.29, 1.82) is 0 Å². The first-order valence-corrected chi connectivity index (χ1v) is 14.8. The Hall–Kier alpha value is -2.89. The second kappa shape index (κ2) is 11.5. The van der Waals surface area contributed by atoms with Crippen LogP contribution < -0.4 is 10.6 Å². The van der Waals surface area contributed by atoms with Gasteiger partial charge in [0.25, 0.3) is 5.91 Å². The highest BCUT2D eigenvalue weighted by atomic mass is 35.5. The van der Waals surface area contributed by atoms with Gasteiger partial charge in [-0.1, -0.05) is 23.3 Å². The average molecular weight is 599 g/mol. The van der Waals surface area contributed by atoms with Crippen molar-refractivity contribution < 1.29 is 36.3 Å². The lowest BCUT2D eigenvalue weighted by molar-refractivity contribution is -0.132. The normalized spacial score (nSPS) is 23.9. The fourth-order valence-electron chi connectivity index (χ4n) is 5.71. The third-order valence-corrected chi connectivity index (χ3v) is 10.5. The van der Waals surface area contributed by atoms with Crippen LogP contribution in [0.25, 0.3) is 0 Å². The number of rotatable bonds is 8. The summed E-state index contributed by atoms with van der Waals surface area (Å²) in [5, 5.41) is 15.4. The number of aliphatic hydroxyl groups is 1. The lowest BCUT2D eigenvalue weighted by atomic mass is 9.72. The van der Waals surface area contributed by atoms with Gasteiger partial charge in [0, 0.05) is 29.9 Å². The van der Waals surface area contributed by atoms with Gasteiger partial charge in [0.15, 0.2) is 27.3 Å². The minimum Gasteiger partial charge on any atom is -0.389 e. The van der Waals surface area contributed by atoms with Gasteiger partial charge in [0.2, 0.25) is 5.91 Å². The molecule has 216 valence electrons. The van der Waals surface area contributed by atoms with E-state index in [1.165, 1.54) is 12.1 Å². The second-order valence-corrected chi connectivity index (χ2v) is 13.3. The molecule has 2 bridgehead atoms. The van der Waals surface area contributed by atoms with Crippen LogP contribution in [0.2, 0.25) is 5.02 Å². The Morgan fingerprint density at radius 1 is 1.07 bits per heavy atom. The smallest absolute Gasteiger partial charge is 0.255 e. The van der Waals surface area contributed by atoms with Crippen LogP contribution in [-0.2, 0) is 14.6 Å². The molecule has 7 nitrogen and oxygen atoms in total. The molecule has 0 aliphatic heterocycles. The van der Waals surface area contributed by atoms with Crippen molar-refractivity contribution in [3.05, 3.63) is 70.0 Å². The fourth-order valence-corrected chi connectivity index (χ4v) is 8.12. The van der Waals surface area contributed by atoms with Crippen LogP contribution in [0, 0.1) is 29.3 Å². The molecule has 3 N–H and O–H groups in total. The van der Waals surface area contributed by atoms with Crippen LogP contribution in [-0.4, -0.2) is 42.7 Å². The Morgan fingerprint density at radius 2 is 1.68 bits per heavy atom. The summed E-state index contributed by atoms with van der Waals surface area (Å²) in [5.74, 6) is -6.67. The number of fused-ring (bicyclic) bond motifs is 2. The summed E-state index contributed by atoms with van der Waals surface area (Å²) in [4.78, 5) is 25.0. The molecule has 0 saturated heterocycles. The van der Waals surface area contributed by atoms with E-state index in [9.17, 15) is 36.3 Å². The van der Waals surface area contributed by atoms with E-state index in [1.807, 2.05) is 19.9 Å². The van der Waals surface area contributed by atoms with Crippen molar-refractivity contribution in [2.75, 3.05) is 11.9 Å². The van der Waals surface area contributed by atoms with Crippen LogP contribution in [0.5, 0.6) is 0 Å². The number of anilines is 1. The number of sulfone groups is 1. The molecule has 2 aromatic rings. The summed E-state index contributed by atoms with van der Waals surface area (Å²) in [7, 11) is -4.07. The summed E-state index contributed by atoms with van der Waals surface area (Å²) in [6.07, 6.45) is 3.14. The molecule has 0 aromatic heterocycles. The minimum absolute atomic E-state index is 0.109. The van der Waals surface area contributed by atoms with Crippen molar-refractivity contribution in [3.63, 3.8) is 0 Å². The van der Waals surface area contributed by atoms with Crippen molar-refractivity contribution in [2.45, 2.75) is 61.7 Å². The maximum absolute atomic E-state index is 13.7. The summed E-state index contributed by atoms with van der Waals surface area (Å²) in [6, 6.07) is 4.78. The summed E-state index contributed by atoms with van der Waals surface area (Å²) in [5.41, 5.74) is -0.764. The number of amides is 2. The first kappa shape index (κ1) is 30.1. The Bertz CT molecular complexity index is 1440. The highest BCUT2D eigenvalue weighted by molar-refractivity contribution is 7.92. The first-order chi connectivity index (χ1) is 18.7. The van der Waals surface area contributed by atoms with E-state index >= 15 is 0 Å². The molecule has 0 heterocycles. The van der Waals surface area contributed by atoms with Gasteiger partial charge in [-0.15, -0.1) is 0 Å². The lowest BCUT2D eigenvalue weighted by Gasteiger charge is -2.42. The Balaban J connectivity index is 1.51. The van der Waals surface area contributed by atoms with Gasteiger partial charge in [-0.2, -0.15) is 0 Å². The third-order valence-electron chi connectivity index (χ3n) is 7.81. The summed E-state index contributed by atoms with van der Waals surface area (Å²) < 4.78 is 67.7. The molecule has 4 rings (SSSR count). The number of hydrogen-bond donors (Lipinski definition) is 3. The zero-order valence-electron chi connectivity index (χ0n) is 21.9. The predicted octanol–water partition coefficient (Wildman–Crippen LogP) is 5.18. The zero-order chi connectivity index (χ0) is 29.4. The van der Waals surface area contributed by atoms with E-state index in [1.54, 1.807) is 0 Å². The molecule has 40 heavy (non-hydrogen) atoms. The van der Waals surface area contributed by atoms with Crippen molar-refractivity contribution in [2.24, 2.45) is 11.8 Å². The van der Waals surface area contributed by atoms with Crippen molar-refractivity contribution in [3.8, 4) is 0 Å². The highest BCUT2D eigenvalue weighted by Gasteiger charge is 2.56. The number of halogens is 4. The Morgan fingerprint density at radius 3 is 2.25 bits per heavy atom. The zero-order valence-corrected chi connectivity index (χ0v) is 23.5. The summed E-state index contributed by atoms with van der Waals surface area (Å²) in [6.45, 7) is 4.16. The molecule has 12 heteroatoms. The van der Waals surface area contributed by atoms with E-state index < -0.39 is 55.9 Å². The molecule has 2 atom stereocenters. The van der Waals surface area contributed by atoms with Gasteiger partial charge in [0.1, 0.15) is 0 Å². The van der Waals surface area contributed by atoms with E-state index in [0.29, 0.717) is 31.5 Å². The van der Waals surface area contributed by atoms with Crippen LogP contribution in [0.15, 0.2) is 46.9 Å². The Kier molecular flexibility index (Phi) is 8.68. The standard InChI is InChI=1S/C28H30ClF3N2O5S/c1-15(2)7-8-33-25(35)14-28(37)17-4-5-18(28)11-20(10-17)40(38,39)24-9-16(3-6-21(24)29)27(36)34-19-12-22(30)26(32)23(31)13-19/h3,6-7,9,12-13,17-18,20,37H,4-5,8,10-11,14H2,1-2H3,(H,33,35)(H,34,36). The lowest BCUT2D eigenvalue weighted by Crippen LogP contribution is -2.50. The molecule has 2 unspecified atom stereocenters. The van der Waals surface area contributed by atoms with E-state index in [2.05, 4.69) is 10.6 Å². The van der Waals surface area contributed by atoms with Gasteiger partial charge in [-0.3, -0.25) is 9.59 Å². The monoisotopic (exact) mass is 598 g/mol. The topological polar surface area (TPSA) is 113 Å². The minimum atomic E-state index is -4.07. The summed E-state index contributed by atoms with van der Waals surface area (Å²) >= 11 is 6.25. The number of nitrogens with one attached hydrogen (secondary N) is 2. The molecule has 2 saturated carbocycles. The maximum Gasteiger partial charge on any atom is 0.255 e. The number of hydrogen-bond acceptors (Lipinski definition) is 5. The van der Waals surface area contributed by atoms with Gasteiger partial charge in [-0.05, 0) is 69.6 Å². The fraction of sp³-hybridized carbons (Fsp3) is 0.429. The SMILES string of the molecule is CC(C)=CCNC(=O)CC1(O)C2CCC1CC(S(=O)(=O)c1cc(C(=O)Nc3cc(F)c(F)c(F)c3)ccc1Cl)C2. The van der Waals surface area contributed by atoms with Crippen LogP contribution in [0.1, 0.15) is 56.3 Å². The quantitative estimate of drug-likeness (QED) is 0.286. The molecule has 2 fully saturated rings. The number of carbonyl (C=O) groups is 2. The molecule has 2 aliphatic rings. The van der Waals surface area contributed by atoms with Crippen LogP contribution in [0.3, 0.4) is 0 Å². The van der Waals surface area contributed by atoms with Crippen molar-refractivity contribution in [1.82, 2.24) is 5.32 Å². The molecule has 2 aliphatic carbocycles. The first-order valence-electron chi connectivity index (χ1n) is 12.8. The number of benzene rings is 2. The molecule has 2 amide bonds. The molecular weight excluding hydrogens is 569 g/mol. The van der Waals surface area contributed by atoms with Gasteiger partial charge >= 0.3 is 0 Å². The third kappa shape index (κ3) is 6.06. The van der Waals surface area contributed by atoms with Crippen LogP contribution in [0.4, 0.5) is 18.9 Å². The van der Waals surface area contributed by atoms with Gasteiger partial charge < -0.3 is 15.7 Å². The van der Waals surface area contributed by atoms with Crippen molar-refractivity contribution >= 4 is 38.9 Å². The second-order valence-electron chi connectivity index (χ2n) is 10.7. The Labute approximate surface area is 235 Å². The number of carbonyl (C=O) groups excluding carboxylic acids is 2. The van der Waals surface area contributed by atoms with E-state index in [0.717, 1.165) is 11.6 Å². The largest absolute Gasteiger partial charge is 0.389 e. The molecular formula is C28H30ClF3N2O5S. The van der Waals surface area contributed by atoms with Gasteiger partial charge in [-0.25, -0.2) is 21.6 Å². The van der Waals surface area contributed by atoms with Gasteiger partial charge in [0.05, 0.1) is 27.2 Å². The molecule has 0 spiro atoms. The predicted molar refractivity (Wildman–Crippen MR) is 144 cm³/mol. The molecule has 2 aromatic carbocycles. The average Bonchev–Trinajstić information content (AvgIpc) is 3.03. The maximum atomic E-state index is 13.7. The van der Waals surface area contributed by atoms with Crippen LogP contribution >= 0.6 is 11.6 Å². The highest BCUT2D eigenvalue weighted by Crippen LogP contribution is 2.53. The molecule has 0 radical (unpaired) electrons. The van der Waals surface area contributed by atoms with E-state index in [-0.39, 0.29) is 46.3 Å². The number of allylic oxidation sites excluding steroid dienone is 1.